The molecule has 0 saturated carbocycles. The predicted octanol–water partition coefficient (Wildman–Crippen LogP) is 3.86. The van der Waals surface area contributed by atoms with Crippen molar-refractivity contribution >= 4 is 32.6 Å². The van der Waals surface area contributed by atoms with Crippen molar-refractivity contribution in [3.8, 4) is 5.75 Å². The SMILES string of the molecule is CCN(CC)S(=O)(=O)c1ccc(OC(C)C)c(NC(=O)c2cc3ccccc3oc2=O)c1. The van der Waals surface area contributed by atoms with Crippen LogP contribution in [0.3, 0.4) is 0 Å². The highest BCUT2D eigenvalue weighted by Gasteiger charge is 2.24. The number of carbonyl (C=O) groups is 1. The van der Waals surface area contributed by atoms with Gasteiger partial charge in [-0.1, -0.05) is 32.0 Å². The van der Waals surface area contributed by atoms with Crippen LogP contribution in [0.4, 0.5) is 5.69 Å². The van der Waals surface area contributed by atoms with Crippen LogP contribution >= 0.6 is 0 Å². The van der Waals surface area contributed by atoms with Gasteiger partial charge in [0.05, 0.1) is 16.7 Å². The van der Waals surface area contributed by atoms with Gasteiger partial charge < -0.3 is 14.5 Å². The Morgan fingerprint density at radius 3 is 2.44 bits per heavy atom. The zero-order valence-electron chi connectivity index (χ0n) is 18.4. The summed E-state index contributed by atoms with van der Waals surface area (Å²) in [7, 11) is -3.76. The minimum absolute atomic E-state index is 0.0122. The Kier molecular flexibility index (Phi) is 7.00. The Hall–Kier alpha value is -3.17. The van der Waals surface area contributed by atoms with Gasteiger partial charge in [0.15, 0.2) is 0 Å². The monoisotopic (exact) mass is 458 g/mol. The molecule has 8 nitrogen and oxygen atoms in total. The molecule has 2 aromatic carbocycles. The summed E-state index contributed by atoms with van der Waals surface area (Å²) in [6, 6.07) is 12.6. The number of hydrogen-bond donors (Lipinski definition) is 1. The molecule has 0 atom stereocenters. The molecule has 1 heterocycles. The number of rotatable bonds is 8. The number of hydrogen-bond acceptors (Lipinski definition) is 6. The maximum absolute atomic E-state index is 12.9. The quantitative estimate of drug-likeness (QED) is 0.514. The Labute approximate surface area is 186 Å². The molecule has 0 bridgehead atoms. The topological polar surface area (TPSA) is 106 Å². The molecule has 0 aliphatic heterocycles. The van der Waals surface area contributed by atoms with Gasteiger partial charge in [-0.15, -0.1) is 0 Å². The van der Waals surface area contributed by atoms with Gasteiger partial charge in [-0.2, -0.15) is 4.31 Å². The summed E-state index contributed by atoms with van der Waals surface area (Å²) in [4.78, 5) is 25.3. The number of para-hydroxylation sites is 1. The van der Waals surface area contributed by atoms with Gasteiger partial charge in [-0.05, 0) is 44.2 Å². The van der Waals surface area contributed by atoms with Gasteiger partial charge in [0.25, 0.3) is 5.91 Å². The van der Waals surface area contributed by atoms with E-state index in [9.17, 15) is 18.0 Å². The molecule has 0 saturated heterocycles. The summed E-state index contributed by atoms with van der Waals surface area (Å²) in [5, 5.41) is 3.21. The number of ether oxygens (including phenoxy) is 1. The lowest BCUT2D eigenvalue weighted by atomic mass is 10.1. The second-order valence-corrected chi connectivity index (χ2v) is 9.29. The third-order valence-corrected chi connectivity index (χ3v) is 6.84. The zero-order valence-corrected chi connectivity index (χ0v) is 19.2. The Morgan fingerprint density at radius 1 is 1.09 bits per heavy atom. The van der Waals surface area contributed by atoms with Crippen LogP contribution in [0.25, 0.3) is 11.0 Å². The van der Waals surface area contributed by atoms with E-state index in [0.29, 0.717) is 24.1 Å². The highest BCUT2D eigenvalue weighted by Crippen LogP contribution is 2.30. The van der Waals surface area contributed by atoms with Crippen LogP contribution < -0.4 is 15.7 Å². The zero-order chi connectivity index (χ0) is 23.5. The number of fused-ring (bicyclic) bond motifs is 1. The third-order valence-electron chi connectivity index (χ3n) is 4.79. The van der Waals surface area contributed by atoms with Crippen molar-refractivity contribution in [3.05, 3.63) is 64.5 Å². The maximum atomic E-state index is 12.9. The molecule has 32 heavy (non-hydrogen) atoms. The van der Waals surface area contributed by atoms with Crippen molar-refractivity contribution < 1.29 is 22.4 Å². The highest BCUT2D eigenvalue weighted by molar-refractivity contribution is 7.89. The van der Waals surface area contributed by atoms with Crippen LogP contribution in [0.15, 0.2) is 62.6 Å². The molecule has 0 spiro atoms. The number of sulfonamides is 1. The van der Waals surface area contributed by atoms with E-state index in [1.807, 2.05) is 13.8 Å². The molecule has 0 aliphatic carbocycles. The fourth-order valence-corrected chi connectivity index (χ4v) is 4.73. The number of carbonyl (C=O) groups excluding carboxylic acids is 1. The van der Waals surface area contributed by atoms with E-state index >= 15 is 0 Å². The lowest BCUT2D eigenvalue weighted by Crippen LogP contribution is -2.30. The van der Waals surface area contributed by atoms with Crippen molar-refractivity contribution in [2.24, 2.45) is 0 Å². The fraction of sp³-hybridized carbons (Fsp3) is 0.304. The molecular weight excluding hydrogens is 432 g/mol. The summed E-state index contributed by atoms with van der Waals surface area (Å²) in [5.74, 6) is -0.437. The lowest BCUT2D eigenvalue weighted by Gasteiger charge is -2.20. The molecule has 1 aromatic heterocycles. The largest absolute Gasteiger partial charge is 0.489 e. The summed E-state index contributed by atoms with van der Waals surface area (Å²) < 4.78 is 38.2. The molecule has 0 radical (unpaired) electrons. The van der Waals surface area contributed by atoms with Crippen molar-refractivity contribution in [2.45, 2.75) is 38.7 Å². The molecule has 0 aliphatic rings. The van der Waals surface area contributed by atoms with Crippen LogP contribution in [0, 0.1) is 0 Å². The van der Waals surface area contributed by atoms with Gasteiger partial charge in [-0.25, -0.2) is 13.2 Å². The first-order chi connectivity index (χ1) is 15.2. The number of benzene rings is 2. The van der Waals surface area contributed by atoms with E-state index in [0.717, 1.165) is 0 Å². The number of nitrogens with one attached hydrogen (secondary N) is 1. The van der Waals surface area contributed by atoms with Gasteiger partial charge in [0.2, 0.25) is 10.0 Å². The molecule has 1 amide bonds. The van der Waals surface area contributed by atoms with Crippen LogP contribution in [-0.2, 0) is 10.0 Å². The van der Waals surface area contributed by atoms with Gasteiger partial charge in [-0.3, -0.25) is 4.79 Å². The summed E-state index contributed by atoms with van der Waals surface area (Å²) in [5.41, 5.74) is -0.481. The van der Waals surface area contributed by atoms with Crippen molar-refractivity contribution in [3.63, 3.8) is 0 Å². The van der Waals surface area contributed by atoms with Crippen molar-refractivity contribution in [2.75, 3.05) is 18.4 Å². The van der Waals surface area contributed by atoms with Crippen LogP contribution in [-0.4, -0.2) is 37.8 Å². The summed E-state index contributed by atoms with van der Waals surface area (Å²) in [6.45, 7) is 7.73. The van der Waals surface area contributed by atoms with Crippen molar-refractivity contribution in [1.29, 1.82) is 0 Å². The average Bonchev–Trinajstić information content (AvgIpc) is 2.74. The van der Waals surface area contributed by atoms with Crippen LogP contribution in [0.1, 0.15) is 38.1 Å². The van der Waals surface area contributed by atoms with Crippen LogP contribution in [0.2, 0.25) is 0 Å². The maximum Gasteiger partial charge on any atom is 0.349 e. The Balaban J connectivity index is 2.04. The molecule has 0 fully saturated rings. The molecule has 1 N–H and O–H groups in total. The third kappa shape index (κ3) is 4.84. The average molecular weight is 459 g/mol. The first kappa shape index (κ1) is 23.5. The van der Waals surface area contributed by atoms with E-state index in [2.05, 4.69) is 5.32 Å². The second kappa shape index (κ2) is 9.54. The smallest absolute Gasteiger partial charge is 0.349 e. The van der Waals surface area contributed by atoms with Crippen LogP contribution in [0.5, 0.6) is 5.75 Å². The summed E-state index contributed by atoms with van der Waals surface area (Å²) in [6.07, 6.45) is -0.221. The van der Waals surface area contributed by atoms with E-state index in [4.69, 9.17) is 9.15 Å². The van der Waals surface area contributed by atoms with E-state index in [-0.39, 0.29) is 28.0 Å². The first-order valence-corrected chi connectivity index (χ1v) is 11.8. The minimum atomic E-state index is -3.76. The van der Waals surface area contributed by atoms with E-state index in [1.54, 1.807) is 38.1 Å². The first-order valence-electron chi connectivity index (χ1n) is 10.3. The summed E-state index contributed by atoms with van der Waals surface area (Å²) >= 11 is 0. The van der Waals surface area contributed by atoms with Gasteiger partial charge >= 0.3 is 5.63 Å². The molecule has 170 valence electrons. The molecule has 3 aromatic rings. The molecular formula is C23H26N2O6S. The van der Waals surface area contributed by atoms with Gasteiger partial charge in [0.1, 0.15) is 16.9 Å². The number of nitrogens with zero attached hydrogens (tertiary/aromatic N) is 1. The standard InChI is InChI=1S/C23H26N2O6S/c1-5-25(6-2)32(28,29)17-11-12-21(30-15(3)4)19(14-17)24-22(26)18-13-16-9-7-8-10-20(16)31-23(18)27/h7-15H,5-6H2,1-4H3,(H,24,26). The molecule has 9 heteroatoms. The lowest BCUT2D eigenvalue weighted by molar-refractivity contribution is 0.102. The number of amides is 1. The minimum Gasteiger partial charge on any atom is -0.489 e. The Bertz CT molecular complexity index is 1290. The Morgan fingerprint density at radius 2 is 1.78 bits per heavy atom. The van der Waals surface area contributed by atoms with Crippen molar-refractivity contribution in [1.82, 2.24) is 4.31 Å². The van der Waals surface area contributed by atoms with Gasteiger partial charge in [0, 0.05) is 18.5 Å². The fourth-order valence-electron chi connectivity index (χ4n) is 3.25. The number of anilines is 1. The normalized spacial score (nSPS) is 11.8. The van der Waals surface area contributed by atoms with E-state index < -0.39 is 21.6 Å². The molecule has 0 unspecified atom stereocenters. The molecule has 3 rings (SSSR count). The highest BCUT2D eigenvalue weighted by atomic mass is 32.2. The van der Waals surface area contributed by atoms with E-state index in [1.165, 1.54) is 28.6 Å². The predicted molar refractivity (Wildman–Crippen MR) is 123 cm³/mol. The second-order valence-electron chi connectivity index (χ2n) is 7.35.